The van der Waals surface area contributed by atoms with Crippen LogP contribution < -0.4 is 11.1 Å². The van der Waals surface area contributed by atoms with Crippen LogP contribution in [0.25, 0.3) is 0 Å². The van der Waals surface area contributed by atoms with Crippen LogP contribution in [0.3, 0.4) is 0 Å². The first kappa shape index (κ1) is 12.6. The van der Waals surface area contributed by atoms with Crippen molar-refractivity contribution >= 4 is 5.91 Å². The van der Waals surface area contributed by atoms with E-state index in [-0.39, 0.29) is 11.9 Å². The summed E-state index contributed by atoms with van der Waals surface area (Å²) in [6.07, 6.45) is 1.91. The molecule has 0 aliphatic carbocycles. The largest absolute Gasteiger partial charge is 0.368 e. The topological polar surface area (TPSA) is 68.0 Å². The molecular weight excluding hydrogens is 209 g/mol. The van der Waals surface area contributed by atoms with Crippen LogP contribution in [0.15, 0.2) is 18.3 Å². The fraction of sp³-hybridized carbons (Fsp3) is 0.455. The Bertz CT molecular complexity index is 353. The van der Waals surface area contributed by atoms with E-state index in [0.29, 0.717) is 5.69 Å². The van der Waals surface area contributed by atoms with Gasteiger partial charge in [-0.1, -0.05) is 6.92 Å². The van der Waals surface area contributed by atoms with Crippen LogP contribution in [0, 0.1) is 5.82 Å². The van der Waals surface area contributed by atoms with Gasteiger partial charge in [0, 0.05) is 6.04 Å². The maximum atomic E-state index is 12.7. The summed E-state index contributed by atoms with van der Waals surface area (Å²) in [6, 6.07) is 2.42. The minimum atomic E-state index is -0.434. The van der Waals surface area contributed by atoms with Crippen LogP contribution >= 0.6 is 0 Å². The molecular formula is C11H16FN3O. The number of nitrogens with two attached hydrogens (primary N) is 1. The van der Waals surface area contributed by atoms with Crippen LogP contribution in [0.4, 0.5) is 4.39 Å². The Kier molecular flexibility index (Phi) is 4.37. The number of nitrogens with one attached hydrogen (secondary N) is 1. The molecule has 0 spiro atoms. The second kappa shape index (κ2) is 5.55. The van der Waals surface area contributed by atoms with E-state index >= 15 is 0 Å². The van der Waals surface area contributed by atoms with E-state index in [1.54, 1.807) is 13.0 Å². The molecule has 4 nitrogen and oxygen atoms in total. The van der Waals surface area contributed by atoms with Crippen molar-refractivity contribution in [2.75, 3.05) is 0 Å². The Hall–Kier alpha value is -1.49. The lowest BCUT2D eigenvalue weighted by atomic mass is 10.1. The number of aromatic nitrogens is 1. The van der Waals surface area contributed by atoms with E-state index in [2.05, 4.69) is 10.3 Å². The van der Waals surface area contributed by atoms with E-state index in [1.165, 1.54) is 6.07 Å². The molecule has 3 N–H and O–H groups in total. The smallest absolute Gasteiger partial charge is 0.234 e. The van der Waals surface area contributed by atoms with Gasteiger partial charge in [0.05, 0.1) is 17.9 Å². The number of carbonyl (C=O) groups is 1. The molecule has 1 aromatic heterocycles. The third-order valence-corrected chi connectivity index (χ3v) is 2.39. The lowest BCUT2D eigenvalue weighted by molar-refractivity contribution is -0.119. The molecule has 0 bridgehead atoms. The Morgan fingerprint density at radius 1 is 1.62 bits per heavy atom. The van der Waals surface area contributed by atoms with Gasteiger partial charge in [-0.2, -0.15) is 0 Å². The summed E-state index contributed by atoms with van der Waals surface area (Å²) in [5, 5.41) is 3.04. The lowest BCUT2D eigenvalue weighted by Gasteiger charge is -2.19. The Morgan fingerprint density at radius 3 is 2.75 bits per heavy atom. The van der Waals surface area contributed by atoms with Gasteiger partial charge in [-0.3, -0.25) is 15.1 Å². The third-order valence-electron chi connectivity index (χ3n) is 2.39. The monoisotopic (exact) mass is 225 g/mol. The molecule has 88 valence electrons. The van der Waals surface area contributed by atoms with E-state index in [4.69, 9.17) is 5.73 Å². The normalized spacial score (nSPS) is 14.4. The van der Waals surface area contributed by atoms with Crippen molar-refractivity contribution in [3.8, 4) is 0 Å². The molecule has 1 aromatic rings. The average Bonchev–Trinajstić information content (AvgIpc) is 2.26. The molecule has 0 radical (unpaired) electrons. The SMILES string of the molecule is CCC(NC(C)C(N)=O)c1ccc(F)cn1. The van der Waals surface area contributed by atoms with Crippen LogP contribution in [0.5, 0.6) is 0 Å². The van der Waals surface area contributed by atoms with Gasteiger partial charge in [0.15, 0.2) is 0 Å². The number of nitrogens with zero attached hydrogens (tertiary/aromatic N) is 1. The number of hydrogen-bond donors (Lipinski definition) is 2. The van der Waals surface area contributed by atoms with Gasteiger partial charge in [0.1, 0.15) is 5.82 Å². The van der Waals surface area contributed by atoms with Crippen molar-refractivity contribution in [2.24, 2.45) is 5.73 Å². The van der Waals surface area contributed by atoms with Crippen molar-refractivity contribution in [1.82, 2.24) is 10.3 Å². The zero-order valence-electron chi connectivity index (χ0n) is 9.40. The first-order valence-electron chi connectivity index (χ1n) is 5.21. The van der Waals surface area contributed by atoms with Crippen LogP contribution in [-0.2, 0) is 4.79 Å². The first-order chi connectivity index (χ1) is 7.54. The number of hydrogen-bond acceptors (Lipinski definition) is 3. The molecule has 2 atom stereocenters. The number of halogens is 1. The lowest BCUT2D eigenvalue weighted by Crippen LogP contribution is -2.40. The molecule has 1 rings (SSSR count). The van der Waals surface area contributed by atoms with Crippen LogP contribution in [-0.4, -0.2) is 16.9 Å². The number of pyridine rings is 1. The van der Waals surface area contributed by atoms with E-state index in [9.17, 15) is 9.18 Å². The number of primary amides is 1. The number of rotatable bonds is 5. The summed E-state index contributed by atoms with van der Waals surface area (Å²) in [6.45, 7) is 3.64. The minimum absolute atomic E-state index is 0.0944. The molecule has 0 saturated carbocycles. The van der Waals surface area contributed by atoms with Crippen molar-refractivity contribution < 1.29 is 9.18 Å². The quantitative estimate of drug-likeness (QED) is 0.789. The maximum absolute atomic E-state index is 12.7. The highest BCUT2D eigenvalue weighted by Gasteiger charge is 2.16. The first-order valence-corrected chi connectivity index (χ1v) is 5.21. The summed E-state index contributed by atoms with van der Waals surface area (Å²) in [4.78, 5) is 14.9. The van der Waals surface area contributed by atoms with Crippen molar-refractivity contribution in [2.45, 2.75) is 32.4 Å². The fourth-order valence-corrected chi connectivity index (χ4v) is 1.39. The third kappa shape index (κ3) is 3.27. The van der Waals surface area contributed by atoms with Crippen molar-refractivity contribution in [1.29, 1.82) is 0 Å². The standard InChI is InChI=1S/C11H16FN3O/c1-3-9(15-7(2)11(13)16)10-5-4-8(12)6-14-10/h4-7,9,15H,3H2,1-2H3,(H2,13,16). The average molecular weight is 225 g/mol. The van der Waals surface area contributed by atoms with Crippen molar-refractivity contribution in [3.05, 3.63) is 29.8 Å². The van der Waals surface area contributed by atoms with E-state index in [0.717, 1.165) is 12.6 Å². The van der Waals surface area contributed by atoms with Crippen LogP contribution in [0.1, 0.15) is 32.0 Å². The fourth-order valence-electron chi connectivity index (χ4n) is 1.39. The zero-order valence-corrected chi connectivity index (χ0v) is 9.40. The Morgan fingerprint density at radius 2 is 2.31 bits per heavy atom. The van der Waals surface area contributed by atoms with Gasteiger partial charge in [-0.25, -0.2) is 4.39 Å². The highest BCUT2D eigenvalue weighted by molar-refractivity contribution is 5.79. The molecule has 0 fully saturated rings. The summed E-state index contributed by atoms with van der Waals surface area (Å²) in [5.41, 5.74) is 5.86. The molecule has 5 heteroatoms. The number of amides is 1. The van der Waals surface area contributed by atoms with E-state index in [1.807, 2.05) is 6.92 Å². The molecule has 1 heterocycles. The molecule has 0 saturated heterocycles. The van der Waals surface area contributed by atoms with Gasteiger partial charge in [0.2, 0.25) is 5.91 Å². The van der Waals surface area contributed by atoms with Gasteiger partial charge in [0.25, 0.3) is 0 Å². The summed E-state index contributed by atoms with van der Waals surface area (Å²) < 4.78 is 12.7. The second-order valence-corrected chi connectivity index (χ2v) is 3.65. The molecule has 1 amide bonds. The summed E-state index contributed by atoms with van der Waals surface area (Å²) in [7, 11) is 0. The molecule has 0 aliphatic heterocycles. The number of carbonyl (C=O) groups excluding carboxylic acids is 1. The Balaban J connectivity index is 2.74. The van der Waals surface area contributed by atoms with Gasteiger partial charge in [-0.05, 0) is 25.5 Å². The van der Waals surface area contributed by atoms with Gasteiger partial charge in [-0.15, -0.1) is 0 Å². The summed E-state index contributed by atoms with van der Waals surface area (Å²) >= 11 is 0. The van der Waals surface area contributed by atoms with Crippen LogP contribution in [0.2, 0.25) is 0 Å². The molecule has 2 unspecified atom stereocenters. The van der Waals surface area contributed by atoms with Crippen molar-refractivity contribution in [3.63, 3.8) is 0 Å². The minimum Gasteiger partial charge on any atom is -0.368 e. The van der Waals surface area contributed by atoms with Gasteiger partial charge < -0.3 is 5.73 Å². The second-order valence-electron chi connectivity index (χ2n) is 3.65. The molecule has 16 heavy (non-hydrogen) atoms. The zero-order chi connectivity index (χ0) is 12.1. The summed E-state index contributed by atoms with van der Waals surface area (Å²) in [5.74, 6) is -0.790. The van der Waals surface area contributed by atoms with Gasteiger partial charge >= 0.3 is 0 Å². The highest BCUT2D eigenvalue weighted by atomic mass is 19.1. The van der Waals surface area contributed by atoms with E-state index < -0.39 is 11.9 Å². The highest BCUT2D eigenvalue weighted by Crippen LogP contribution is 2.14. The molecule has 0 aromatic carbocycles. The maximum Gasteiger partial charge on any atom is 0.234 e. The molecule has 0 aliphatic rings. The Labute approximate surface area is 94.1 Å². The predicted octanol–water partition coefficient (Wildman–Crippen LogP) is 1.14. The predicted molar refractivity (Wildman–Crippen MR) is 59.0 cm³/mol.